The van der Waals surface area contributed by atoms with Crippen LogP contribution in [0.2, 0.25) is 0 Å². The van der Waals surface area contributed by atoms with Crippen molar-refractivity contribution in [1.29, 1.82) is 0 Å². The van der Waals surface area contributed by atoms with E-state index in [9.17, 15) is 0 Å². The fourth-order valence-electron chi connectivity index (χ4n) is 0.823. The first kappa shape index (κ1) is 6.60. The SMILES string of the molecule is CSc1ncnc2ocnc12. The van der Waals surface area contributed by atoms with Crippen LogP contribution >= 0.6 is 11.8 Å². The predicted octanol–water partition coefficient (Wildman–Crippen LogP) is 1.34. The average molecular weight is 167 g/mol. The highest BCUT2D eigenvalue weighted by molar-refractivity contribution is 7.98. The standard InChI is InChI=1S/C6H5N3OS/c1-11-6-4-5(7-2-8-6)10-3-9-4/h2-3H,1H3. The molecule has 0 aliphatic rings. The largest absolute Gasteiger partial charge is 0.425 e. The van der Waals surface area contributed by atoms with Crippen molar-refractivity contribution in [2.24, 2.45) is 0 Å². The molecule has 4 nitrogen and oxygen atoms in total. The molecule has 0 aliphatic heterocycles. The van der Waals surface area contributed by atoms with E-state index in [2.05, 4.69) is 15.0 Å². The minimum atomic E-state index is 0.546. The molecule has 0 saturated heterocycles. The highest BCUT2D eigenvalue weighted by Crippen LogP contribution is 2.19. The Hall–Kier alpha value is -1.10. The fraction of sp³-hybridized carbons (Fsp3) is 0.167. The molecule has 0 saturated carbocycles. The lowest BCUT2D eigenvalue weighted by molar-refractivity contribution is 0.589. The van der Waals surface area contributed by atoms with Crippen molar-refractivity contribution in [1.82, 2.24) is 15.0 Å². The molecular formula is C6H5N3OS. The molecule has 2 aromatic heterocycles. The normalized spacial score (nSPS) is 10.6. The van der Waals surface area contributed by atoms with E-state index in [1.807, 2.05) is 6.26 Å². The van der Waals surface area contributed by atoms with Gasteiger partial charge in [-0.1, -0.05) is 0 Å². The summed E-state index contributed by atoms with van der Waals surface area (Å²) in [6, 6.07) is 0. The lowest BCUT2D eigenvalue weighted by Gasteiger charge is -1.91. The summed E-state index contributed by atoms with van der Waals surface area (Å²) in [7, 11) is 0. The molecule has 0 bridgehead atoms. The van der Waals surface area contributed by atoms with E-state index in [1.165, 1.54) is 24.5 Å². The summed E-state index contributed by atoms with van der Waals surface area (Å²) in [6.07, 6.45) is 4.79. The van der Waals surface area contributed by atoms with E-state index in [-0.39, 0.29) is 0 Å². The van der Waals surface area contributed by atoms with Gasteiger partial charge in [0.05, 0.1) is 0 Å². The molecule has 0 aromatic carbocycles. The van der Waals surface area contributed by atoms with Gasteiger partial charge >= 0.3 is 0 Å². The lowest BCUT2D eigenvalue weighted by Crippen LogP contribution is -1.82. The molecule has 2 rings (SSSR count). The van der Waals surface area contributed by atoms with Crippen molar-refractivity contribution in [3.05, 3.63) is 12.7 Å². The van der Waals surface area contributed by atoms with Crippen LogP contribution in [0, 0.1) is 0 Å². The predicted molar refractivity (Wildman–Crippen MR) is 41.4 cm³/mol. The van der Waals surface area contributed by atoms with E-state index in [4.69, 9.17) is 4.42 Å². The zero-order chi connectivity index (χ0) is 7.68. The van der Waals surface area contributed by atoms with Crippen LogP contribution in [0.15, 0.2) is 22.2 Å². The number of hydrogen-bond acceptors (Lipinski definition) is 5. The monoisotopic (exact) mass is 167 g/mol. The smallest absolute Gasteiger partial charge is 0.250 e. The average Bonchev–Trinajstić information content (AvgIpc) is 2.50. The molecule has 0 amide bonds. The van der Waals surface area contributed by atoms with Gasteiger partial charge in [-0.15, -0.1) is 11.8 Å². The Morgan fingerprint density at radius 3 is 3.09 bits per heavy atom. The summed E-state index contributed by atoms with van der Waals surface area (Å²) < 4.78 is 4.98. The van der Waals surface area contributed by atoms with Gasteiger partial charge in [-0.25, -0.2) is 9.97 Å². The second kappa shape index (κ2) is 2.50. The molecule has 0 unspecified atom stereocenters. The van der Waals surface area contributed by atoms with Gasteiger partial charge in [0.1, 0.15) is 11.4 Å². The highest BCUT2D eigenvalue weighted by Gasteiger charge is 2.04. The third-order valence-electron chi connectivity index (χ3n) is 1.29. The van der Waals surface area contributed by atoms with Gasteiger partial charge in [0.2, 0.25) is 0 Å². The first-order chi connectivity index (χ1) is 5.42. The van der Waals surface area contributed by atoms with Crippen LogP contribution in [0.25, 0.3) is 11.2 Å². The zero-order valence-electron chi connectivity index (χ0n) is 5.81. The minimum Gasteiger partial charge on any atom is -0.425 e. The molecule has 5 heteroatoms. The topological polar surface area (TPSA) is 51.8 Å². The zero-order valence-corrected chi connectivity index (χ0v) is 6.63. The van der Waals surface area contributed by atoms with Crippen molar-refractivity contribution in [2.45, 2.75) is 5.03 Å². The van der Waals surface area contributed by atoms with Gasteiger partial charge in [-0.3, -0.25) is 0 Å². The van der Waals surface area contributed by atoms with Crippen molar-refractivity contribution < 1.29 is 4.42 Å². The summed E-state index contributed by atoms with van der Waals surface area (Å²) in [4.78, 5) is 11.9. The maximum atomic E-state index is 4.98. The summed E-state index contributed by atoms with van der Waals surface area (Å²) in [5.74, 6) is 0. The quantitative estimate of drug-likeness (QED) is 0.474. The number of thioether (sulfide) groups is 1. The number of oxazole rings is 1. The Morgan fingerprint density at radius 1 is 1.36 bits per heavy atom. The van der Waals surface area contributed by atoms with Crippen LogP contribution in [-0.4, -0.2) is 21.2 Å². The molecule has 11 heavy (non-hydrogen) atoms. The fourth-order valence-corrected chi connectivity index (χ4v) is 1.31. The van der Waals surface area contributed by atoms with E-state index >= 15 is 0 Å². The summed E-state index contributed by atoms with van der Waals surface area (Å²) in [5.41, 5.74) is 1.28. The van der Waals surface area contributed by atoms with Gasteiger partial charge in [0, 0.05) is 0 Å². The van der Waals surface area contributed by atoms with Crippen molar-refractivity contribution in [3.8, 4) is 0 Å². The Labute approximate surface area is 67.1 Å². The maximum Gasteiger partial charge on any atom is 0.250 e. The van der Waals surface area contributed by atoms with Crippen molar-refractivity contribution in [3.63, 3.8) is 0 Å². The van der Waals surface area contributed by atoms with Gasteiger partial charge in [-0.2, -0.15) is 4.98 Å². The first-order valence-corrected chi connectivity index (χ1v) is 4.22. The second-order valence-electron chi connectivity index (χ2n) is 1.89. The Morgan fingerprint density at radius 2 is 2.27 bits per heavy atom. The summed E-state index contributed by atoms with van der Waals surface area (Å²) in [6.45, 7) is 0. The molecule has 2 heterocycles. The highest BCUT2D eigenvalue weighted by atomic mass is 32.2. The lowest BCUT2D eigenvalue weighted by atomic mass is 10.6. The van der Waals surface area contributed by atoms with Crippen LogP contribution in [-0.2, 0) is 0 Å². The number of rotatable bonds is 1. The molecule has 0 aliphatic carbocycles. The molecular weight excluding hydrogens is 162 g/mol. The van der Waals surface area contributed by atoms with Gasteiger partial charge in [0.25, 0.3) is 5.71 Å². The van der Waals surface area contributed by atoms with Gasteiger partial charge in [-0.05, 0) is 6.26 Å². The van der Waals surface area contributed by atoms with Crippen LogP contribution in [0.4, 0.5) is 0 Å². The summed E-state index contributed by atoms with van der Waals surface area (Å²) >= 11 is 1.53. The maximum absolute atomic E-state index is 4.98. The molecule has 56 valence electrons. The van der Waals surface area contributed by atoms with Crippen LogP contribution in [0.1, 0.15) is 0 Å². The molecule has 0 radical (unpaired) electrons. The third-order valence-corrected chi connectivity index (χ3v) is 1.98. The Kier molecular flexibility index (Phi) is 1.50. The van der Waals surface area contributed by atoms with Gasteiger partial charge in [0.15, 0.2) is 11.9 Å². The van der Waals surface area contributed by atoms with E-state index < -0.39 is 0 Å². The van der Waals surface area contributed by atoms with E-state index in [1.54, 1.807) is 0 Å². The Balaban J connectivity index is 2.79. The molecule has 2 aromatic rings. The second-order valence-corrected chi connectivity index (χ2v) is 2.68. The number of fused-ring (bicyclic) bond motifs is 1. The first-order valence-electron chi connectivity index (χ1n) is 3.00. The molecule has 0 spiro atoms. The van der Waals surface area contributed by atoms with E-state index in [0.29, 0.717) is 5.71 Å². The van der Waals surface area contributed by atoms with Crippen molar-refractivity contribution >= 4 is 23.0 Å². The minimum absolute atomic E-state index is 0.546. The van der Waals surface area contributed by atoms with Crippen molar-refractivity contribution in [2.75, 3.05) is 6.26 Å². The number of nitrogens with zero attached hydrogens (tertiary/aromatic N) is 3. The number of aromatic nitrogens is 3. The summed E-state index contributed by atoms with van der Waals surface area (Å²) in [5, 5.41) is 0.851. The Bertz CT molecular complexity index is 373. The third kappa shape index (κ3) is 0.970. The molecule has 0 fully saturated rings. The molecule has 0 N–H and O–H groups in total. The van der Waals surface area contributed by atoms with E-state index in [0.717, 1.165) is 10.5 Å². The van der Waals surface area contributed by atoms with Crippen LogP contribution in [0.3, 0.4) is 0 Å². The van der Waals surface area contributed by atoms with Crippen LogP contribution in [0.5, 0.6) is 0 Å². The van der Waals surface area contributed by atoms with Gasteiger partial charge < -0.3 is 4.42 Å². The number of hydrogen-bond donors (Lipinski definition) is 0. The van der Waals surface area contributed by atoms with Crippen LogP contribution < -0.4 is 0 Å². The molecule has 0 atom stereocenters.